The van der Waals surface area contributed by atoms with Gasteiger partial charge in [0.25, 0.3) is 6.47 Å². The number of hydrogen-bond acceptors (Lipinski definition) is 6. The van der Waals surface area contributed by atoms with Crippen LogP contribution in [0.2, 0.25) is 0 Å². The van der Waals surface area contributed by atoms with Crippen LogP contribution in [0.25, 0.3) is 44.5 Å². The molecule has 2 atom stereocenters. The van der Waals surface area contributed by atoms with Crippen molar-refractivity contribution in [2.24, 2.45) is 0 Å². The molecule has 0 radical (unpaired) electrons. The summed E-state index contributed by atoms with van der Waals surface area (Å²) in [6.45, 7) is 0.408. The van der Waals surface area contributed by atoms with Gasteiger partial charge in [-0.25, -0.2) is 13.2 Å². The smallest absolute Gasteiger partial charge is 0.335 e. The van der Waals surface area contributed by atoms with E-state index in [1.54, 1.807) is 36.4 Å². The summed E-state index contributed by atoms with van der Waals surface area (Å²) in [7, 11) is -3.01. The molecule has 7 aromatic rings. The Morgan fingerprint density at radius 3 is 1.30 bits per heavy atom. The summed E-state index contributed by atoms with van der Waals surface area (Å²) in [6, 6.07) is 47.7. The lowest BCUT2D eigenvalue weighted by Crippen LogP contribution is -2.25. The fourth-order valence-corrected chi connectivity index (χ4v) is 9.84. The van der Waals surface area contributed by atoms with Crippen LogP contribution in [0.15, 0.2) is 171 Å². The maximum absolute atomic E-state index is 14.2. The van der Waals surface area contributed by atoms with Gasteiger partial charge in [0.15, 0.2) is 0 Å². The Labute approximate surface area is 309 Å². The molecule has 0 aromatic heterocycles. The third-order valence-corrected chi connectivity index (χ3v) is 12.6. The van der Waals surface area contributed by atoms with E-state index in [1.807, 2.05) is 115 Å². The van der Waals surface area contributed by atoms with Crippen molar-refractivity contribution in [2.75, 3.05) is 4.90 Å². The molecule has 7 aromatic carbocycles. The maximum Gasteiger partial charge on any atom is 0.335 e. The molecule has 0 aliphatic carbocycles. The number of carboxylic acid groups (broad SMARTS) is 1. The number of nitrogens with zero attached hydrogens (tertiary/aromatic N) is 1. The molecule has 0 saturated carbocycles. The van der Waals surface area contributed by atoms with Gasteiger partial charge in [0.05, 0.1) is 63.8 Å². The van der Waals surface area contributed by atoms with Gasteiger partial charge >= 0.3 is 5.97 Å². The predicted octanol–water partition coefficient (Wildman–Crippen LogP) is 10.0. The molecule has 2 aliphatic heterocycles. The monoisotopic (exact) mass is 729 g/mol. The quantitative estimate of drug-likeness (QED) is 0.163. The van der Waals surface area contributed by atoms with Gasteiger partial charge in [0, 0.05) is 0 Å². The zero-order valence-electron chi connectivity index (χ0n) is 27.8. The fraction of sp³-hybridized carbons (Fsp3) is 0. The normalized spacial score (nSPS) is 15.1. The van der Waals surface area contributed by atoms with Crippen LogP contribution in [0.3, 0.4) is 0 Å². The summed E-state index contributed by atoms with van der Waals surface area (Å²) in [4.78, 5) is 26.6. The van der Waals surface area contributed by atoms with Crippen molar-refractivity contribution in [3.63, 3.8) is 0 Å². The number of fused-ring (bicyclic) bond motifs is 4. The Morgan fingerprint density at radius 2 is 0.887 bits per heavy atom. The molecule has 9 heteroatoms. The first-order valence-electron chi connectivity index (χ1n) is 16.7. The number of benzene rings is 7. The standard InChI is InChI=1S/C44H27NO6S2/c46-26-51-36-20-16-30(17-21-36)28-6-10-32(11-7-28)35-19-23-38-42(25-35)53(50)40-3-1-2-39-43(40)45(38)37-22-18-34(24-41(37)52(39)49)31-8-4-27(5-9-31)29-12-14-33(15-13-29)44(47)48/h1-26H,(H,47,48). The van der Waals surface area contributed by atoms with Crippen molar-refractivity contribution in [2.45, 2.75) is 19.6 Å². The average Bonchev–Trinajstić information content (AvgIpc) is 3.21. The van der Waals surface area contributed by atoms with Crippen molar-refractivity contribution in [3.8, 4) is 50.3 Å². The summed E-state index contributed by atoms with van der Waals surface area (Å²) >= 11 is 0. The van der Waals surface area contributed by atoms with Crippen molar-refractivity contribution >= 4 is 51.1 Å². The number of carbonyl (C=O) groups is 2. The first-order chi connectivity index (χ1) is 25.9. The second kappa shape index (κ2) is 13.0. The zero-order valence-corrected chi connectivity index (χ0v) is 29.4. The summed E-state index contributed by atoms with van der Waals surface area (Å²) in [6.07, 6.45) is 0. The Hall–Kier alpha value is -6.42. The molecule has 53 heavy (non-hydrogen) atoms. The van der Waals surface area contributed by atoms with Crippen LogP contribution in [0.1, 0.15) is 10.4 Å². The van der Waals surface area contributed by atoms with Gasteiger partial charge in [-0.3, -0.25) is 4.79 Å². The SMILES string of the molecule is O=COc1ccc(-c2ccc(-c3ccc4c(c3)S(=O)c3cccc5c3N4c3ccc(-c4ccc(-c6ccc(C(=O)O)cc6)cc4)cc3S5=O)cc2)cc1. The molecule has 0 fully saturated rings. The van der Waals surface area contributed by atoms with Crippen LogP contribution >= 0.6 is 0 Å². The van der Waals surface area contributed by atoms with Crippen molar-refractivity contribution in [1.29, 1.82) is 0 Å². The lowest BCUT2D eigenvalue weighted by atomic mass is 9.99. The van der Waals surface area contributed by atoms with E-state index < -0.39 is 27.6 Å². The summed E-state index contributed by atoms with van der Waals surface area (Å²) in [5, 5.41) is 9.24. The highest BCUT2D eigenvalue weighted by Gasteiger charge is 2.38. The average molecular weight is 730 g/mol. The van der Waals surface area contributed by atoms with Gasteiger partial charge in [-0.05, 0) is 105 Å². The first-order valence-corrected chi connectivity index (χ1v) is 19.0. The largest absolute Gasteiger partial charge is 0.478 e. The second-order valence-corrected chi connectivity index (χ2v) is 15.5. The lowest BCUT2D eigenvalue weighted by Gasteiger charge is -2.38. The Kier molecular flexibility index (Phi) is 7.95. The maximum atomic E-state index is 14.2. The minimum Gasteiger partial charge on any atom is -0.478 e. The van der Waals surface area contributed by atoms with Gasteiger partial charge in [-0.15, -0.1) is 0 Å². The summed E-state index contributed by atoms with van der Waals surface area (Å²) < 4.78 is 33.3. The number of anilines is 3. The Balaban J connectivity index is 1.06. The van der Waals surface area contributed by atoms with E-state index in [9.17, 15) is 23.1 Å². The molecule has 256 valence electrons. The number of hydrogen-bond donors (Lipinski definition) is 1. The molecule has 2 aliphatic rings. The van der Waals surface area contributed by atoms with Crippen LogP contribution in [0, 0.1) is 0 Å². The third-order valence-electron chi connectivity index (χ3n) is 9.66. The van der Waals surface area contributed by atoms with E-state index >= 15 is 0 Å². The van der Waals surface area contributed by atoms with Gasteiger partial charge in [0.2, 0.25) is 0 Å². The molecular weight excluding hydrogens is 703 g/mol. The molecule has 7 nitrogen and oxygen atoms in total. The van der Waals surface area contributed by atoms with Crippen LogP contribution in [-0.4, -0.2) is 26.0 Å². The van der Waals surface area contributed by atoms with E-state index in [1.165, 1.54) is 0 Å². The van der Waals surface area contributed by atoms with E-state index in [0.29, 0.717) is 37.5 Å². The molecular formula is C44H27NO6S2. The lowest BCUT2D eigenvalue weighted by molar-refractivity contribution is -0.120. The molecule has 0 bridgehead atoms. The number of carbonyl (C=O) groups excluding carboxylic acids is 1. The van der Waals surface area contributed by atoms with E-state index in [4.69, 9.17) is 4.74 Å². The second-order valence-electron chi connectivity index (χ2n) is 12.6. The summed E-state index contributed by atoms with van der Waals surface area (Å²) in [5.74, 6) is -0.480. The minimum absolute atomic E-state index is 0.239. The van der Waals surface area contributed by atoms with Crippen molar-refractivity contribution < 1.29 is 27.9 Å². The highest BCUT2D eigenvalue weighted by Crippen LogP contribution is 2.54. The molecule has 0 amide bonds. The molecule has 1 N–H and O–H groups in total. The van der Waals surface area contributed by atoms with E-state index in [2.05, 4.69) is 4.90 Å². The van der Waals surface area contributed by atoms with Gasteiger partial charge in [0.1, 0.15) is 5.75 Å². The van der Waals surface area contributed by atoms with Crippen molar-refractivity contribution in [3.05, 3.63) is 157 Å². The van der Waals surface area contributed by atoms with Crippen LogP contribution < -0.4 is 9.64 Å². The molecule has 0 spiro atoms. The van der Waals surface area contributed by atoms with Crippen LogP contribution in [0.5, 0.6) is 5.75 Å². The predicted molar refractivity (Wildman–Crippen MR) is 206 cm³/mol. The molecule has 9 rings (SSSR count). The van der Waals surface area contributed by atoms with Gasteiger partial charge in [-0.2, -0.15) is 0 Å². The van der Waals surface area contributed by atoms with Gasteiger partial charge < -0.3 is 14.7 Å². The van der Waals surface area contributed by atoms with Crippen LogP contribution in [-0.2, 0) is 26.4 Å². The molecule has 0 saturated heterocycles. The highest BCUT2D eigenvalue weighted by atomic mass is 32.2. The van der Waals surface area contributed by atoms with E-state index in [0.717, 1.165) is 55.9 Å². The Bertz CT molecular complexity index is 2650. The minimum atomic E-state index is -1.51. The number of ether oxygens (including phenoxy) is 1. The summed E-state index contributed by atoms with van der Waals surface area (Å²) in [5.41, 5.74) is 10.1. The number of rotatable bonds is 7. The van der Waals surface area contributed by atoms with Gasteiger partial charge in [-0.1, -0.05) is 91.0 Å². The number of carboxylic acids is 1. The number of para-hydroxylation sites is 1. The molecule has 2 heterocycles. The first kappa shape index (κ1) is 32.5. The highest BCUT2D eigenvalue weighted by molar-refractivity contribution is 7.86. The Morgan fingerprint density at radius 1 is 0.509 bits per heavy atom. The topological polar surface area (TPSA) is 101 Å². The third kappa shape index (κ3) is 5.58. The molecule has 2 unspecified atom stereocenters. The van der Waals surface area contributed by atoms with Crippen LogP contribution in [0.4, 0.5) is 17.1 Å². The van der Waals surface area contributed by atoms with Crippen molar-refractivity contribution in [1.82, 2.24) is 0 Å². The fourth-order valence-electron chi connectivity index (χ4n) is 6.98. The zero-order chi connectivity index (χ0) is 36.2. The van der Waals surface area contributed by atoms with E-state index in [-0.39, 0.29) is 5.56 Å². The number of aromatic carboxylic acids is 1.